The molecular weight excluding hydrogens is 338 g/mol. The second-order valence-corrected chi connectivity index (χ2v) is 6.16. The van der Waals surface area contributed by atoms with E-state index in [0.717, 1.165) is 20.1 Å². The van der Waals surface area contributed by atoms with Gasteiger partial charge >= 0.3 is 0 Å². The van der Waals surface area contributed by atoms with Gasteiger partial charge in [0.1, 0.15) is 10.0 Å². The molecule has 0 saturated carbocycles. The molecule has 3 aromatic rings. The summed E-state index contributed by atoms with van der Waals surface area (Å²) in [5, 5.41) is 10.0. The maximum atomic E-state index is 11.8. The highest BCUT2D eigenvalue weighted by Crippen LogP contribution is 2.23. The largest absolute Gasteiger partial charge is 0.307 e. The second-order valence-electron chi connectivity index (χ2n) is 4.18. The molecule has 100 valence electrons. The van der Waals surface area contributed by atoms with Crippen LogP contribution in [0, 0.1) is 0 Å². The molecule has 0 bridgehead atoms. The van der Waals surface area contributed by atoms with Crippen molar-refractivity contribution in [3.05, 3.63) is 68.5 Å². The molecule has 0 amide bonds. The Kier molecular flexibility index (Phi) is 3.75. The quantitative estimate of drug-likeness (QED) is 0.730. The van der Waals surface area contributed by atoms with Gasteiger partial charge in [0.25, 0.3) is 5.56 Å². The first kappa shape index (κ1) is 13.2. The predicted molar refractivity (Wildman–Crippen MR) is 82.8 cm³/mol. The van der Waals surface area contributed by atoms with E-state index in [-0.39, 0.29) is 5.56 Å². The van der Waals surface area contributed by atoms with E-state index in [0.29, 0.717) is 6.54 Å². The van der Waals surface area contributed by atoms with E-state index in [9.17, 15) is 4.79 Å². The van der Waals surface area contributed by atoms with E-state index in [1.807, 2.05) is 30.3 Å². The summed E-state index contributed by atoms with van der Waals surface area (Å²) in [6.07, 6.45) is 1.76. The summed E-state index contributed by atoms with van der Waals surface area (Å²) in [7, 11) is 0. The van der Waals surface area contributed by atoms with Crippen LogP contribution in [0.3, 0.4) is 0 Å². The average Bonchev–Trinajstić information content (AvgIpc) is 2.92. The number of benzene rings is 1. The summed E-state index contributed by atoms with van der Waals surface area (Å²) in [5.74, 6) is 0. The first-order valence-electron chi connectivity index (χ1n) is 5.96. The molecule has 0 spiro atoms. The van der Waals surface area contributed by atoms with Crippen molar-refractivity contribution >= 4 is 27.3 Å². The minimum absolute atomic E-state index is 0.0512. The monoisotopic (exact) mass is 347 g/mol. The highest BCUT2D eigenvalue weighted by atomic mass is 79.9. The first-order valence-corrected chi connectivity index (χ1v) is 7.57. The molecule has 0 fully saturated rings. The molecule has 0 aliphatic rings. The van der Waals surface area contributed by atoms with Crippen LogP contribution in [-0.2, 0) is 6.54 Å². The minimum Gasteiger partial charge on any atom is -0.307 e. The van der Waals surface area contributed by atoms with Crippen LogP contribution in [0.25, 0.3) is 10.6 Å². The highest BCUT2D eigenvalue weighted by molar-refractivity contribution is 9.10. The second kappa shape index (κ2) is 5.68. The number of nitrogens with zero attached hydrogens (tertiary/aromatic N) is 3. The summed E-state index contributed by atoms with van der Waals surface area (Å²) >= 11 is 4.86. The summed E-state index contributed by atoms with van der Waals surface area (Å²) < 4.78 is 2.48. The molecule has 20 heavy (non-hydrogen) atoms. The first-order chi connectivity index (χ1) is 9.72. The normalized spacial score (nSPS) is 10.7. The van der Waals surface area contributed by atoms with Crippen molar-refractivity contribution in [2.45, 2.75) is 6.54 Å². The zero-order valence-electron chi connectivity index (χ0n) is 10.4. The fraction of sp³-hybridized carbons (Fsp3) is 0.0714. The van der Waals surface area contributed by atoms with Gasteiger partial charge in [0.2, 0.25) is 0 Å². The Morgan fingerprint density at radius 3 is 2.70 bits per heavy atom. The molecule has 0 saturated heterocycles. The fourth-order valence-electron chi connectivity index (χ4n) is 1.79. The molecule has 6 heteroatoms. The third kappa shape index (κ3) is 2.86. The third-order valence-corrected chi connectivity index (χ3v) is 4.17. The fourth-order valence-corrected chi connectivity index (χ4v) is 3.01. The van der Waals surface area contributed by atoms with Gasteiger partial charge in [-0.25, -0.2) is 0 Å². The molecule has 0 atom stereocenters. The SMILES string of the molecule is O=c1ccc(Br)cn1Cc1nnc(-c2ccccc2)s1. The number of hydrogen-bond donors (Lipinski definition) is 0. The number of halogens is 1. The minimum atomic E-state index is -0.0512. The summed E-state index contributed by atoms with van der Waals surface area (Å²) in [6.45, 7) is 0.433. The van der Waals surface area contributed by atoms with Gasteiger partial charge in [0, 0.05) is 22.3 Å². The molecule has 4 nitrogen and oxygen atoms in total. The lowest BCUT2D eigenvalue weighted by Gasteiger charge is -2.02. The van der Waals surface area contributed by atoms with Crippen molar-refractivity contribution < 1.29 is 0 Å². The van der Waals surface area contributed by atoms with E-state index < -0.39 is 0 Å². The van der Waals surface area contributed by atoms with E-state index in [2.05, 4.69) is 26.1 Å². The van der Waals surface area contributed by atoms with Gasteiger partial charge in [0.15, 0.2) is 0 Å². The van der Waals surface area contributed by atoms with Crippen LogP contribution in [0.1, 0.15) is 5.01 Å². The number of rotatable bonds is 3. The van der Waals surface area contributed by atoms with E-state index in [1.165, 1.54) is 17.4 Å². The van der Waals surface area contributed by atoms with Crippen LogP contribution in [0.4, 0.5) is 0 Å². The topological polar surface area (TPSA) is 47.8 Å². The maximum Gasteiger partial charge on any atom is 0.250 e. The number of aromatic nitrogens is 3. The smallest absolute Gasteiger partial charge is 0.250 e. The van der Waals surface area contributed by atoms with Gasteiger partial charge in [0.05, 0.1) is 6.54 Å². The van der Waals surface area contributed by atoms with Crippen LogP contribution in [-0.4, -0.2) is 14.8 Å². The van der Waals surface area contributed by atoms with Gasteiger partial charge in [-0.3, -0.25) is 4.79 Å². The molecule has 0 aliphatic heterocycles. The van der Waals surface area contributed by atoms with Crippen LogP contribution in [0.5, 0.6) is 0 Å². The molecule has 0 aliphatic carbocycles. The Hall–Kier alpha value is -1.79. The van der Waals surface area contributed by atoms with Gasteiger partial charge in [-0.05, 0) is 22.0 Å². The Labute approximate surface area is 127 Å². The Bertz CT molecular complexity index is 782. The predicted octanol–water partition coefficient (Wildman–Crippen LogP) is 3.18. The lowest BCUT2D eigenvalue weighted by Crippen LogP contribution is -2.18. The third-order valence-electron chi connectivity index (χ3n) is 2.74. The van der Waals surface area contributed by atoms with Crippen LogP contribution in [0.2, 0.25) is 0 Å². The van der Waals surface area contributed by atoms with E-state index in [4.69, 9.17) is 0 Å². The Balaban J connectivity index is 1.88. The molecule has 1 aromatic carbocycles. The highest BCUT2D eigenvalue weighted by Gasteiger charge is 2.07. The Morgan fingerprint density at radius 2 is 1.90 bits per heavy atom. The van der Waals surface area contributed by atoms with Gasteiger partial charge in [-0.15, -0.1) is 10.2 Å². The molecule has 3 rings (SSSR count). The van der Waals surface area contributed by atoms with Crippen molar-refractivity contribution in [3.8, 4) is 10.6 Å². The summed E-state index contributed by atoms with van der Waals surface area (Å²) in [4.78, 5) is 11.8. The van der Waals surface area contributed by atoms with Crippen molar-refractivity contribution in [1.29, 1.82) is 0 Å². The van der Waals surface area contributed by atoms with E-state index >= 15 is 0 Å². The number of hydrogen-bond acceptors (Lipinski definition) is 4. The Morgan fingerprint density at radius 1 is 1.10 bits per heavy atom. The zero-order chi connectivity index (χ0) is 13.9. The van der Waals surface area contributed by atoms with Crippen LogP contribution >= 0.6 is 27.3 Å². The molecule has 2 aromatic heterocycles. The van der Waals surface area contributed by atoms with Gasteiger partial charge in [-0.2, -0.15) is 0 Å². The molecule has 0 radical (unpaired) electrons. The van der Waals surface area contributed by atoms with Gasteiger partial charge < -0.3 is 4.57 Å². The van der Waals surface area contributed by atoms with Crippen molar-refractivity contribution in [3.63, 3.8) is 0 Å². The molecule has 0 N–H and O–H groups in total. The summed E-state index contributed by atoms with van der Waals surface area (Å²) in [5.41, 5.74) is 0.988. The van der Waals surface area contributed by atoms with Crippen molar-refractivity contribution in [1.82, 2.24) is 14.8 Å². The standard InChI is InChI=1S/C14H10BrN3OS/c15-11-6-7-13(19)18(8-11)9-12-16-17-14(20-12)10-4-2-1-3-5-10/h1-8H,9H2. The lowest BCUT2D eigenvalue weighted by atomic mass is 10.2. The summed E-state index contributed by atoms with van der Waals surface area (Å²) in [6, 6.07) is 13.2. The zero-order valence-corrected chi connectivity index (χ0v) is 12.8. The van der Waals surface area contributed by atoms with Crippen LogP contribution < -0.4 is 5.56 Å². The van der Waals surface area contributed by atoms with Crippen molar-refractivity contribution in [2.75, 3.05) is 0 Å². The molecule has 2 heterocycles. The molecular formula is C14H10BrN3OS. The molecule has 0 unspecified atom stereocenters. The number of pyridine rings is 1. The lowest BCUT2D eigenvalue weighted by molar-refractivity contribution is 0.741. The van der Waals surface area contributed by atoms with Crippen LogP contribution in [0.15, 0.2) is 57.9 Å². The average molecular weight is 348 g/mol. The van der Waals surface area contributed by atoms with E-state index in [1.54, 1.807) is 16.8 Å². The van der Waals surface area contributed by atoms with Crippen molar-refractivity contribution in [2.24, 2.45) is 0 Å². The maximum absolute atomic E-state index is 11.8. The van der Waals surface area contributed by atoms with Gasteiger partial charge in [-0.1, -0.05) is 41.7 Å².